The number of alkyl carbamates (subject to hydrolysis) is 1. The van der Waals surface area contributed by atoms with E-state index in [9.17, 15) is 19.5 Å². The van der Waals surface area contributed by atoms with E-state index in [1.165, 1.54) is 11.0 Å². The Morgan fingerprint density at radius 3 is 2.35 bits per heavy atom. The van der Waals surface area contributed by atoms with Crippen LogP contribution in [-0.4, -0.2) is 51.9 Å². The fraction of sp³-hybridized carbons (Fsp3) is 0.464. The number of hydrogen-bond donors (Lipinski definition) is 4. The number of aryl methyl sites for hydroxylation is 1. The first-order valence-corrected chi connectivity index (χ1v) is 13.1. The van der Waals surface area contributed by atoms with Crippen molar-refractivity contribution in [2.24, 2.45) is 0 Å². The van der Waals surface area contributed by atoms with Gasteiger partial charge in [-0.2, -0.15) is 12.6 Å². The van der Waals surface area contributed by atoms with Crippen LogP contribution in [0.15, 0.2) is 48.5 Å². The Balaban J connectivity index is 2.42. The first-order chi connectivity index (χ1) is 17.5. The highest BCUT2D eigenvalue weighted by atomic mass is 32.1. The molecule has 2 aromatic carbocycles. The van der Waals surface area contributed by atoms with Gasteiger partial charge >= 0.3 is 6.09 Å². The lowest BCUT2D eigenvalue weighted by Crippen LogP contribution is -2.54. The second-order valence-corrected chi connectivity index (χ2v) is 10.3. The maximum absolute atomic E-state index is 13.8. The summed E-state index contributed by atoms with van der Waals surface area (Å²) in [6, 6.07) is 12.3. The summed E-state index contributed by atoms with van der Waals surface area (Å²) in [5.74, 6) is -0.694. The van der Waals surface area contributed by atoms with Gasteiger partial charge in [-0.05, 0) is 62.9 Å². The summed E-state index contributed by atoms with van der Waals surface area (Å²) in [5, 5.41) is 15.6. The van der Waals surface area contributed by atoms with E-state index >= 15 is 0 Å². The summed E-state index contributed by atoms with van der Waals surface area (Å²) >= 11 is 4.30. The molecule has 2 aromatic rings. The smallest absolute Gasteiger partial charge is 0.408 e. The van der Waals surface area contributed by atoms with E-state index in [1.807, 2.05) is 37.3 Å². The summed E-state index contributed by atoms with van der Waals surface area (Å²) in [4.78, 5) is 41.4. The van der Waals surface area contributed by atoms with Crippen molar-refractivity contribution in [1.82, 2.24) is 15.5 Å². The zero-order valence-electron chi connectivity index (χ0n) is 22.3. The second-order valence-electron chi connectivity index (χ2n) is 9.92. The van der Waals surface area contributed by atoms with Gasteiger partial charge in [0.05, 0.1) is 0 Å². The lowest BCUT2D eigenvalue weighted by Gasteiger charge is -2.34. The highest BCUT2D eigenvalue weighted by molar-refractivity contribution is 7.80. The van der Waals surface area contributed by atoms with Gasteiger partial charge in [-0.25, -0.2) is 4.79 Å². The number of nitrogens with one attached hydrogen (secondary N) is 2. The molecule has 0 bridgehead atoms. The summed E-state index contributed by atoms with van der Waals surface area (Å²) < 4.78 is 5.33. The van der Waals surface area contributed by atoms with Crippen molar-refractivity contribution in [3.8, 4) is 5.75 Å². The number of unbranched alkanes of at least 4 members (excludes halogenated alkanes) is 1. The molecule has 0 heterocycles. The van der Waals surface area contributed by atoms with Gasteiger partial charge < -0.3 is 25.4 Å². The molecule has 8 nitrogen and oxygen atoms in total. The van der Waals surface area contributed by atoms with E-state index in [1.54, 1.807) is 39.8 Å². The lowest BCUT2D eigenvalue weighted by atomic mass is 10.00. The number of hydrogen-bond acceptors (Lipinski definition) is 6. The Bertz CT molecular complexity index is 1060. The summed E-state index contributed by atoms with van der Waals surface area (Å²) in [6.07, 6.45) is 0.708. The molecule has 0 aliphatic heterocycles. The molecule has 0 aliphatic rings. The number of rotatable bonds is 11. The number of phenols is 1. The molecule has 0 radical (unpaired) electrons. The minimum absolute atomic E-state index is 0.0215. The van der Waals surface area contributed by atoms with Crippen LogP contribution < -0.4 is 10.6 Å². The van der Waals surface area contributed by atoms with Gasteiger partial charge in [-0.3, -0.25) is 9.59 Å². The molecule has 2 unspecified atom stereocenters. The summed E-state index contributed by atoms with van der Waals surface area (Å²) in [5.41, 5.74) is 1.32. The third kappa shape index (κ3) is 9.31. The number of amides is 3. The third-order valence-corrected chi connectivity index (χ3v) is 5.98. The summed E-state index contributed by atoms with van der Waals surface area (Å²) in [6.45, 7) is 9.51. The molecule has 0 saturated carbocycles. The lowest BCUT2D eigenvalue weighted by molar-refractivity contribution is -0.142. The Morgan fingerprint density at radius 1 is 1.11 bits per heavy atom. The van der Waals surface area contributed by atoms with Crippen molar-refractivity contribution in [1.29, 1.82) is 0 Å². The Kier molecular flexibility index (Phi) is 11.3. The molecule has 3 N–H and O–H groups in total. The van der Waals surface area contributed by atoms with E-state index < -0.39 is 29.7 Å². The largest absolute Gasteiger partial charge is 0.508 e. The molecular weight excluding hydrogens is 490 g/mol. The standard InChI is InChI=1S/C28H39N3O5S/c1-6-7-15-31(26(34)22(18-37)30-27(35)36-28(3,4)5)24(21-13-14-23(32)19(2)16-21)25(33)29-17-20-11-9-8-10-12-20/h8-14,16,22,24,32,37H,6-7,15,17-18H2,1-5H3,(H,29,33)(H,30,35). The quantitative estimate of drug-likeness (QED) is 0.321. The second kappa shape index (κ2) is 13.9. The van der Waals surface area contributed by atoms with E-state index in [4.69, 9.17) is 4.74 Å². The number of aromatic hydroxyl groups is 1. The van der Waals surface area contributed by atoms with Crippen molar-refractivity contribution in [3.05, 3.63) is 65.2 Å². The Morgan fingerprint density at radius 2 is 1.78 bits per heavy atom. The van der Waals surface area contributed by atoms with Crippen molar-refractivity contribution in [2.75, 3.05) is 12.3 Å². The fourth-order valence-corrected chi connectivity index (χ4v) is 3.98. The van der Waals surface area contributed by atoms with Gasteiger partial charge in [0.25, 0.3) is 0 Å². The molecule has 2 rings (SSSR count). The van der Waals surface area contributed by atoms with Gasteiger partial charge in [-0.1, -0.05) is 49.7 Å². The average molecular weight is 530 g/mol. The molecule has 37 heavy (non-hydrogen) atoms. The maximum Gasteiger partial charge on any atom is 0.408 e. The van der Waals surface area contributed by atoms with Crippen molar-refractivity contribution < 1.29 is 24.2 Å². The van der Waals surface area contributed by atoms with E-state index in [0.29, 0.717) is 24.1 Å². The molecule has 2 atom stereocenters. The fourth-order valence-electron chi connectivity index (χ4n) is 3.73. The molecule has 0 saturated heterocycles. The number of ether oxygens (including phenoxy) is 1. The van der Waals surface area contributed by atoms with Gasteiger partial charge in [0.2, 0.25) is 11.8 Å². The predicted octanol–water partition coefficient (Wildman–Crippen LogP) is 4.51. The normalized spacial score (nSPS) is 12.8. The van der Waals surface area contributed by atoms with Crippen LogP contribution in [0.25, 0.3) is 0 Å². The van der Waals surface area contributed by atoms with Crippen LogP contribution in [0.2, 0.25) is 0 Å². The number of phenolic OH excluding ortho intramolecular Hbond substituents is 1. The molecule has 9 heteroatoms. The molecule has 0 aliphatic carbocycles. The minimum atomic E-state index is -1.00. The van der Waals surface area contributed by atoms with Crippen LogP contribution in [0.4, 0.5) is 4.79 Å². The number of nitrogens with zero attached hydrogens (tertiary/aromatic N) is 1. The van der Waals surface area contributed by atoms with Gasteiger partial charge in [0.15, 0.2) is 0 Å². The van der Waals surface area contributed by atoms with Crippen LogP contribution in [0.1, 0.15) is 63.3 Å². The molecule has 0 spiro atoms. The topological polar surface area (TPSA) is 108 Å². The van der Waals surface area contributed by atoms with E-state index in [2.05, 4.69) is 23.3 Å². The van der Waals surface area contributed by atoms with E-state index in [-0.39, 0.29) is 24.0 Å². The van der Waals surface area contributed by atoms with Crippen LogP contribution >= 0.6 is 12.6 Å². The minimum Gasteiger partial charge on any atom is -0.508 e. The van der Waals surface area contributed by atoms with Crippen LogP contribution in [0.3, 0.4) is 0 Å². The molecule has 0 aromatic heterocycles. The van der Waals surface area contributed by atoms with Crippen molar-refractivity contribution in [2.45, 2.75) is 71.7 Å². The third-order valence-electron chi connectivity index (χ3n) is 5.61. The van der Waals surface area contributed by atoms with Crippen molar-refractivity contribution in [3.63, 3.8) is 0 Å². The van der Waals surface area contributed by atoms with Crippen LogP contribution in [0, 0.1) is 6.92 Å². The average Bonchev–Trinajstić information content (AvgIpc) is 2.84. The number of benzene rings is 2. The van der Waals surface area contributed by atoms with Crippen molar-refractivity contribution >= 4 is 30.5 Å². The highest BCUT2D eigenvalue weighted by Gasteiger charge is 2.35. The molecule has 202 valence electrons. The van der Waals surface area contributed by atoms with Gasteiger partial charge in [0, 0.05) is 18.8 Å². The Labute approximate surface area is 225 Å². The monoisotopic (exact) mass is 529 g/mol. The van der Waals surface area contributed by atoms with Gasteiger partial charge in [0.1, 0.15) is 23.4 Å². The maximum atomic E-state index is 13.8. The summed E-state index contributed by atoms with van der Waals surface area (Å²) in [7, 11) is 0. The van der Waals surface area contributed by atoms with Crippen LogP contribution in [-0.2, 0) is 20.9 Å². The molecule has 3 amide bonds. The van der Waals surface area contributed by atoms with E-state index in [0.717, 1.165) is 12.0 Å². The molecular formula is C28H39N3O5S. The highest BCUT2D eigenvalue weighted by Crippen LogP contribution is 2.27. The first-order valence-electron chi connectivity index (χ1n) is 12.5. The Hall–Kier alpha value is -3.20. The number of carbonyl (C=O) groups is 3. The first kappa shape index (κ1) is 30.0. The van der Waals surface area contributed by atoms with Gasteiger partial charge in [-0.15, -0.1) is 0 Å². The number of carbonyl (C=O) groups excluding carboxylic acids is 3. The molecule has 0 fully saturated rings. The SMILES string of the molecule is CCCCN(C(=O)C(CS)NC(=O)OC(C)(C)C)C(C(=O)NCc1ccccc1)c1ccc(O)c(C)c1. The predicted molar refractivity (Wildman–Crippen MR) is 148 cm³/mol. The zero-order chi connectivity index (χ0) is 27.6. The van der Waals surface area contributed by atoms with Crippen LogP contribution in [0.5, 0.6) is 5.75 Å². The number of thiol groups is 1. The zero-order valence-corrected chi connectivity index (χ0v) is 23.2.